The van der Waals surface area contributed by atoms with Gasteiger partial charge < -0.3 is 10.5 Å². The van der Waals surface area contributed by atoms with Gasteiger partial charge in [0, 0.05) is 6.04 Å². The quantitative estimate of drug-likeness (QED) is 0.488. The van der Waals surface area contributed by atoms with Crippen molar-refractivity contribution < 1.29 is 9.53 Å². The van der Waals surface area contributed by atoms with Crippen LogP contribution in [-0.2, 0) is 9.53 Å². The summed E-state index contributed by atoms with van der Waals surface area (Å²) in [5.41, 5.74) is 5.96. The van der Waals surface area contributed by atoms with Gasteiger partial charge in [0.25, 0.3) is 0 Å². The number of esters is 1. The Morgan fingerprint density at radius 3 is 2.31 bits per heavy atom. The number of rotatable bonds is 9. The van der Waals surface area contributed by atoms with Gasteiger partial charge in [-0.25, -0.2) is 0 Å². The maximum atomic E-state index is 11.8. The van der Waals surface area contributed by atoms with E-state index in [9.17, 15) is 4.79 Å². The molecule has 0 fully saturated rings. The highest BCUT2D eigenvalue weighted by molar-refractivity contribution is 5.73. The van der Waals surface area contributed by atoms with Crippen molar-refractivity contribution in [2.24, 2.45) is 11.7 Å². The molecule has 0 radical (unpaired) electrons. The fourth-order valence-corrected chi connectivity index (χ4v) is 1.64. The van der Waals surface area contributed by atoms with Gasteiger partial charge in [0.1, 0.15) is 0 Å². The topological polar surface area (TPSA) is 52.3 Å². The van der Waals surface area contributed by atoms with E-state index in [1.807, 2.05) is 6.92 Å². The van der Waals surface area contributed by atoms with E-state index in [0.29, 0.717) is 6.61 Å². The van der Waals surface area contributed by atoms with Crippen molar-refractivity contribution in [3.63, 3.8) is 0 Å². The van der Waals surface area contributed by atoms with E-state index in [1.54, 1.807) is 0 Å². The number of carbonyl (C=O) groups is 1. The molecule has 0 aliphatic rings. The first-order valence-electron chi connectivity index (χ1n) is 6.59. The van der Waals surface area contributed by atoms with Crippen molar-refractivity contribution in [1.29, 1.82) is 0 Å². The minimum Gasteiger partial charge on any atom is -0.465 e. The van der Waals surface area contributed by atoms with E-state index >= 15 is 0 Å². The van der Waals surface area contributed by atoms with E-state index < -0.39 is 0 Å². The first kappa shape index (κ1) is 15.4. The maximum absolute atomic E-state index is 11.8. The van der Waals surface area contributed by atoms with Crippen LogP contribution in [-0.4, -0.2) is 18.6 Å². The predicted molar refractivity (Wildman–Crippen MR) is 67.1 cm³/mol. The second-order valence-corrected chi connectivity index (χ2v) is 4.34. The first-order chi connectivity index (χ1) is 7.67. The molecule has 0 saturated carbocycles. The molecule has 2 N–H and O–H groups in total. The van der Waals surface area contributed by atoms with Gasteiger partial charge in [-0.2, -0.15) is 0 Å². The third-order valence-electron chi connectivity index (χ3n) is 2.90. The molecule has 3 nitrogen and oxygen atoms in total. The van der Waals surface area contributed by atoms with Crippen LogP contribution in [0.2, 0.25) is 0 Å². The summed E-state index contributed by atoms with van der Waals surface area (Å²) in [6.45, 7) is 6.76. The number of ether oxygens (including phenoxy) is 1. The summed E-state index contributed by atoms with van der Waals surface area (Å²) in [5.74, 6) is -0.210. The SMILES string of the molecule is CCCCOC(=O)C(CCCC)C(N)CC. The summed E-state index contributed by atoms with van der Waals surface area (Å²) in [5, 5.41) is 0. The van der Waals surface area contributed by atoms with Crippen molar-refractivity contribution in [3.05, 3.63) is 0 Å². The van der Waals surface area contributed by atoms with E-state index in [1.165, 1.54) is 0 Å². The number of carbonyl (C=O) groups excluding carboxylic acids is 1. The lowest BCUT2D eigenvalue weighted by molar-refractivity contribution is -0.149. The number of hydrogen-bond donors (Lipinski definition) is 1. The molecule has 2 unspecified atom stereocenters. The Kier molecular flexibility index (Phi) is 9.30. The van der Waals surface area contributed by atoms with Gasteiger partial charge in [-0.15, -0.1) is 0 Å². The van der Waals surface area contributed by atoms with E-state index in [0.717, 1.165) is 38.5 Å². The third-order valence-corrected chi connectivity index (χ3v) is 2.90. The Balaban J connectivity index is 4.09. The molecule has 0 rings (SSSR count). The monoisotopic (exact) mass is 229 g/mol. The van der Waals surface area contributed by atoms with Gasteiger partial charge in [0.05, 0.1) is 12.5 Å². The van der Waals surface area contributed by atoms with Crippen LogP contribution >= 0.6 is 0 Å². The first-order valence-corrected chi connectivity index (χ1v) is 6.59. The summed E-state index contributed by atoms with van der Waals surface area (Å²) >= 11 is 0. The standard InChI is InChI=1S/C13H27NO2/c1-4-7-9-11(12(14)6-3)13(15)16-10-8-5-2/h11-12H,4-10,14H2,1-3H3. The maximum Gasteiger partial charge on any atom is 0.310 e. The van der Waals surface area contributed by atoms with Gasteiger partial charge in [-0.3, -0.25) is 4.79 Å². The fourth-order valence-electron chi connectivity index (χ4n) is 1.64. The molecule has 0 spiro atoms. The molecule has 0 aliphatic heterocycles. The highest BCUT2D eigenvalue weighted by atomic mass is 16.5. The van der Waals surface area contributed by atoms with Crippen LogP contribution in [0, 0.1) is 5.92 Å². The Bertz CT molecular complexity index is 183. The Hall–Kier alpha value is -0.570. The lowest BCUT2D eigenvalue weighted by Gasteiger charge is -2.21. The van der Waals surface area contributed by atoms with Crippen LogP contribution in [0.25, 0.3) is 0 Å². The minimum absolute atomic E-state index is 0.0549. The number of hydrogen-bond acceptors (Lipinski definition) is 3. The molecule has 0 bridgehead atoms. The van der Waals surface area contributed by atoms with Crippen LogP contribution in [0.3, 0.4) is 0 Å². The van der Waals surface area contributed by atoms with Crippen molar-refractivity contribution in [1.82, 2.24) is 0 Å². The predicted octanol–water partition coefficient (Wildman–Crippen LogP) is 2.87. The molecule has 96 valence electrons. The summed E-state index contributed by atoms with van der Waals surface area (Å²) in [7, 11) is 0. The van der Waals surface area contributed by atoms with Crippen molar-refractivity contribution in [2.75, 3.05) is 6.61 Å². The van der Waals surface area contributed by atoms with Crippen molar-refractivity contribution in [3.8, 4) is 0 Å². The average molecular weight is 229 g/mol. The molecule has 0 heterocycles. The van der Waals surface area contributed by atoms with Crippen LogP contribution < -0.4 is 5.73 Å². The molecule has 3 heteroatoms. The Morgan fingerprint density at radius 1 is 1.19 bits per heavy atom. The summed E-state index contributed by atoms with van der Waals surface area (Å²) in [4.78, 5) is 11.8. The molecule has 0 aliphatic carbocycles. The smallest absolute Gasteiger partial charge is 0.310 e. The van der Waals surface area contributed by atoms with Crippen molar-refractivity contribution in [2.45, 2.75) is 65.3 Å². The van der Waals surface area contributed by atoms with Crippen LogP contribution in [0.4, 0.5) is 0 Å². The van der Waals surface area contributed by atoms with Gasteiger partial charge in [-0.05, 0) is 19.3 Å². The van der Waals surface area contributed by atoms with Gasteiger partial charge in [-0.1, -0.05) is 40.0 Å². The zero-order valence-electron chi connectivity index (χ0n) is 11.0. The largest absolute Gasteiger partial charge is 0.465 e. The lowest BCUT2D eigenvalue weighted by Crippen LogP contribution is -2.36. The lowest BCUT2D eigenvalue weighted by atomic mass is 9.93. The van der Waals surface area contributed by atoms with Crippen LogP contribution in [0.5, 0.6) is 0 Å². The molecule has 0 amide bonds. The van der Waals surface area contributed by atoms with Crippen molar-refractivity contribution >= 4 is 5.97 Å². The minimum atomic E-state index is -0.109. The second kappa shape index (κ2) is 9.64. The van der Waals surface area contributed by atoms with E-state index in [4.69, 9.17) is 10.5 Å². The van der Waals surface area contributed by atoms with Gasteiger partial charge >= 0.3 is 5.97 Å². The summed E-state index contributed by atoms with van der Waals surface area (Å²) < 4.78 is 5.25. The highest BCUT2D eigenvalue weighted by Gasteiger charge is 2.25. The third kappa shape index (κ3) is 6.11. The normalized spacial score (nSPS) is 14.5. The van der Waals surface area contributed by atoms with E-state index in [2.05, 4.69) is 13.8 Å². The molecule has 0 aromatic rings. The average Bonchev–Trinajstić information content (AvgIpc) is 2.29. The number of nitrogens with two attached hydrogens (primary N) is 1. The summed E-state index contributed by atoms with van der Waals surface area (Å²) in [6.07, 6.45) is 5.81. The molecular weight excluding hydrogens is 202 g/mol. The number of unbranched alkanes of at least 4 members (excludes halogenated alkanes) is 2. The van der Waals surface area contributed by atoms with E-state index in [-0.39, 0.29) is 17.9 Å². The Morgan fingerprint density at radius 2 is 1.81 bits per heavy atom. The molecule has 0 saturated heterocycles. The fraction of sp³-hybridized carbons (Fsp3) is 0.923. The van der Waals surface area contributed by atoms with Crippen LogP contribution in [0.1, 0.15) is 59.3 Å². The second-order valence-electron chi connectivity index (χ2n) is 4.34. The Labute approximate surface area is 99.7 Å². The zero-order chi connectivity index (χ0) is 12.4. The summed E-state index contributed by atoms with van der Waals surface area (Å²) in [6, 6.07) is -0.0549. The molecule has 2 atom stereocenters. The highest BCUT2D eigenvalue weighted by Crippen LogP contribution is 2.16. The molecule has 16 heavy (non-hydrogen) atoms. The molecule has 0 aromatic carbocycles. The van der Waals surface area contributed by atoms with Crippen LogP contribution in [0.15, 0.2) is 0 Å². The zero-order valence-corrected chi connectivity index (χ0v) is 11.0. The molecular formula is C13H27NO2. The van der Waals surface area contributed by atoms with Gasteiger partial charge in [0.15, 0.2) is 0 Å². The van der Waals surface area contributed by atoms with Gasteiger partial charge in [0.2, 0.25) is 0 Å². The molecule has 0 aromatic heterocycles.